The van der Waals surface area contributed by atoms with Gasteiger partial charge in [-0.05, 0) is 44.2 Å². The third-order valence-electron chi connectivity index (χ3n) is 5.33. The smallest absolute Gasteiger partial charge is 0.224 e. The second-order valence-electron chi connectivity index (χ2n) is 7.63. The lowest BCUT2D eigenvalue weighted by Gasteiger charge is -2.33. The third-order valence-corrected chi connectivity index (χ3v) is 5.33. The standard InChI is InChI=1S/C20H27F2N3O2.ClH/c1-13(26)24-19(17-5-4-15(21)10-18(17)22)11-20(27)25-8-6-16(7-9-25)23-12-14-2-3-14;/h4-5,10,14,16,19,23H,2-3,6-9,11-12H2,1H3,(H,24,26);1H. The van der Waals surface area contributed by atoms with E-state index in [-0.39, 0.29) is 36.2 Å². The molecule has 1 unspecified atom stereocenters. The molecule has 156 valence electrons. The lowest BCUT2D eigenvalue weighted by molar-refractivity contribution is -0.133. The van der Waals surface area contributed by atoms with Gasteiger partial charge in [-0.3, -0.25) is 9.59 Å². The molecule has 0 aromatic heterocycles. The van der Waals surface area contributed by atoms with Crippen molar-refractivity contribution in [3.8, 4) is 0 Å². The molecule has 2 amide bonds. The second kappa shape index (κ2) is 10.2. The summed E-state index contributed by atoms with van der Waals surface area (Å²) >= 11 is 0. The highest BCUT2D eigenvalue weighted by Gasteiger charge is 2.28. The molecule has 1 saturated heterocycles. The van der Waals surface area contributed by atoms with Crippen LogP contribution < -0.4 is 10.6 Å². The number of carbonyl (C=O) groups excluding carboxylic acids is 2. The number of benzene rings is 1. The molecule has 0 spiro atoms. The first-order chi connectivity index (χ1) is 12.9. The van der Waals surface area contributed by atoms with Crippen molar-refractivity contribution in [2.24, 2.45) is 5.92 Å². The normalized spacial score (nSPS) is 18.3. The van der Waals surface area contributed by atoms with E-state index in [0.29, 0.717) is 19.1 Å². The summed E-state index contributed by atoms with van der Waals surface area (Å²) in [4.78, 5) is 25.9. The van der Waals surface area contributed by atoms with Gasteiger partial charge in [-0.2, -0.15) is 0 Å². The van der Waals surface area contributed by atoms with Crippen LogP contribution in [-0.4, -0.2) is 42.4 Å². The van der Waals surface area contributed by atoms with Gasteiger partial charge in [0.25, 0.3) is 0 Å². The third kappa shape index (κ3) is 6.41. The number of nitrogens with zero attached hydrogens (tertiary/aromatic N) is 1. The number of hydrogen-bond donors (Lipinski definition) is 2. The second-order valence-corrected chi connectivity index (χ2v) is 7.63. The Morgan fingerprint density at radius 3 is 2.43 bits per heavy atom. The van der Waals surface area contributed by atoms with E-state index in [1.165, 1.54) is 25.8 Å². The monoisotopic (exact) mass is 415 g/mol. The van der Waals surface area contributed by atoms with E-state index in [4.69, 9.17) is 0 Å². The first kappa shape index (κ1) is 22.6. The molecule has 1 aromatic rings. The lowest BCUT2D eigenvalue weighted by atomic mass is 10.00. The topological polar surface area (TPSA) is 61.4 Å². The highest BCUT2D eigenvalue weighted by molar-refractivity contribution is 5.85. The zero-order valence-electron chi connectivity index (χ0n) is 16.0. The minimum atomic E-state index is -0.804. The fourth-order valence-electron chi connectivity index (χ4n) is 3.56. The molecule has 1 aliphatic carbocycles. The predicted octanol–water partition coefficient (Wildman–Crippen LogP) is 2.94. The molecule has 1 atom stereocenters. The molecule has 1 aliphatic heterocycles. The SMILES string of the molecule is CC(=O)NC(CC(=O)N1CCC(NCC2CC2)CC1)c1ccc(F)cc1F.Cl. The first-order valence-electron chi connectivity index (χ1n) is 9.65. The minimum Gasteiger partial charge on any atom is -0.349 e. The number of amides is 2. The average molecular weight is 416 g/mol. The molecule has 1 heterocycles. The number of rotatable bonds is 7. The van der Waals surface area contributed by atoms with Crippen molar-refractivity contribution >= 4 is 24.2 Å². The van der Waals surface area contributed by atoms with Crippen molar-refractivity contribution < 1.29 is 18.4 Å². The van der Waals surface area contributed by atoms with Crippen LogP contribution in [0.15, 0.2) is 18.2 Å². The summed E-state index contributed by atoms with van der Waals surface area (Å²) in [6.07, 6.45) is 4.38. The molecule has 5 nitrogen and oxygen atoms in total. The number of halogens is 3. The highest BCUT2D eigenvalue weighted by Crippen LogP contribution is 2.28. The van der Waals surface area contributed by atoms with Gasteiger partial charge in [0.15, 0.2) is 0 Å². The maximum absolute atomic E-state index is 14.1. The Morgan fingerprint density at radius 1 is 1.18 bits per heavy atom. The fourth-order valence-corrected chi connectivity index (χ4v) is 3.56. The van der Waals surface area contributed by atoms with Crippen molar-refractivity contribution in [3.05, 3.63) is 35.4 Å². The van der Waals surface area contributed by atoms with Gasteiger partial charge < -0.3 is 15.5 Å². The fraction of sp³-hybridized carbons (Fsp3) is 0.600. The van der Waals surface area contributed by atoms with Gasteiger partial charge in [0.1, 0.15) is 11.6 Å². The Bertz CT molecular complexity index is 692. The van der Waals surface area contributed by atoms with Crippen LogP contribution in [0.3, 0.4) is 0 Å². The zero-order chi connectivity index (χ0) is 19.4. The van der Waals surface area contributed by atoms with E-state index in [1.54, 1.807) is 4.90 Å². The Labute approximate surface area is 170 Å². The van der Waals surface area contributed by atoms with Crippen LogP contribution in [0.2, 0.25) is 0 Å². The van der Waals surface area contributed by atoms with Crippen LogP contribution in [0.1, 0.15) is 50.6 Å². The summed E-state index contributed by atoms with van der Waals surface area (Å²) < 4.78 is 27.3. The number of piperidine rings is 1. The Balaban J connectivity index is 0.00000280. The van der Waals surface area contributed by atoms with Crippen molar-refractivity contribution in [2.45, 2.75) is 51.1 Å². The van der Waals surface area contributed by atoms with E-state index in [9.17, 15) is 18.4 Å². The van der Waals surface area contributed by atoms with E-state index >= 15 is 0 Å². The summed E-state index contributed by atoms with van der Waals surface area (Å²) in [5.74, 6) is -1.11. The number of nitrogens with one attached hydrogen (secondary N) is 2. The lowest BCUT2D eigenvalue weighted by Crippen LogP contribution is -2.46. The molecule has 2 N–H and O–H groups in total. The summed E-state index contributed by atoms with van der Waals surface area (Å²) in [5.41, 5.74) is 0.126. The van der Waals surface area contributed by atoms with Crippen LogP contribution in [-0.2, 0) is 9.59 Å². The summed E-state index contributed by atoms with van der Waals surface area (Å²) in [6.45, 7) is 3.68. The minimum absolute atomic E-state index is 0. The molecule has 3 rings (SSSR count). The maximum atomic E-state index is 14.1. The van der Waals surface area contributed by atoms with Crippen molar-refractivity contribution in [2.75, 3.05) is 19.6 Å². The Hall–Kier alpha value is -1.73. The van der Waals surface area contributed by atoms with Crippen LogP contribution in [0.25, 0.3) is 0 Å². The molecule has 0 bridgehead atoms. The van der Waals surface area contributed by atoms with Crippen molar-refractivity contribution in [1.82, 2.24) is 15.5 Å². The van der Waals surface area contributed by atoms with Gasteiger partial charge in [-0.1, -0.05) is 6.07 Å². The van der Waals surface area contributed by atoms with Crippen LogP contribution in [0, 0.1) is 17.6 Å². The molecule has 28 heavy (non-hydrogen) atoms. The molecule has 1 aromatic carbocycles. The number of hydrogen-bond acceptors (Lipinski definition) is 3. The van der Waals surface area contributed by atoms with Gasteiger partial charge in [0.2, 0.25) is 11.8 Å². The van der Waals surface area contributed by atoms with E-state index < -0.39 is 17.7 Å². The van der Waals surface area contributed by atoms with Crippen molar-refractivity contribution in [3.63, 3.8) is 0 Å². The average Bonchev–Trinajstić information content (AvgIpc) is 3.44. The van der Waals surface area contributed by atoms with Crippen molar-refractivity contribution in [1.29, 1.82) is 0 Å². The largest absolute Gasteiger partial charge is 0.349 e. The molecule has 2 fully saturated rings. The Morgan fingerprint density at radius 2 is 1.86 bits per heavy atom. The molecular formula is C20H28ClF2N3O2. The molecular weight excluding hydrogens is 388 g/mol. The summed E-state index contributed by atoms with van der Waals surface area (Å²) in [5, 5.41) is 6.18. The predicted molar refractivity (Wildman–Crippen MR) is 105 cm³/mol. The molecule has 0 radical (unpaired) electrons. The van der Waals surface area contributed by atoms with E-state index in [1.807, 2.05) is 0 Å². The Kier molecular flexibility index (Phi) is 8.19. The van der Waals surface area contributed by atoms with Crippen LogP contribution in [0.4, 0.5) is 8.78 Å². The molecule has 2 aliphatic rings. The van der Waals surface area contributed by atoms with E-state index in [2.05, 4.69) is 10.6 Å². The van der Waals surface area contributed by atoms with Crippen LogP contribution >= 0.6 is 12.4 Å². The van der Waals surface area contributed by atoms with Gasteiger partial charge in [-0.15, -0.1) is 12.4 Å². The number of carbonyl (C=O) groups is 2. The highest BCUT2D eigenvalue weighted by atomic mass is 35.5. The summed E-state index contributed by atoms with van der Waals surface area (Å²) in [6, 6.07) is 2.82. The summed E-state index contributed by atoms with van der Waals surface area (Å²) in [7, 11) is 0. The molecule has 8 heteroatoms. The van der Waals surface area contributed by atoms with Gasteiger partial charge in [0, 0.05) is 37.7 Å². The van der Waals surface area contributed by atoms with Crippen LogP contribution in [0.5, 0.6) is 0 Å². The number of likely N-dealkylation sites (tertiary alicyclic amines) is 1. The van der Waals surface area contributed by atoms with Gasteiger partial charge >= 0.3 is 0 Å². The quantitative estimate of drug-likeness (QED) is 0.719. The van der Waals surface area contributed by atoms with Gasteiger partial charge in [-0.25, -0.2) is 8.78 Å². The maximum Gasteiger partial charge on any atom is 0.224 e. The first-order valence-corrected chi connectivity index (χ1v) is 9.65. The van der Waals surface area contributed by atoms with E-state index in [0.717, 1.165) is 37.4 Å². The van der Waals surface area contributed by atoms with Gasteiger partial charge in [0.05, 0.1) is 12.5 Å². The zero-order valence-corrected chi connectivity index (χ0v) is 16.9. The molecule has 1 saturated carbocycles.